The maximum atomic E-state index is 13.9. The molecule has 1 aromatic heterocycles. The summed E-state index contributed by atoms with van der Waals surface area (Å²) in [6, 6.07) is 5.88. The number of hydrogen-bond donors (Lipinski definition) is 3. The molecule has 36 heavy (non-hydrogen) atoms. The molecule has 0 aliphatic carbocycles. The number of aromatic amines is 1. The molecule has 2 aromatic carbocycles. The van der Waals surface area contributed by atoms with E-state index in [9.17, 15) is 41.0 Å². The fourth-order valence-corrected chi connectivity index (χ4v) is 5.26. The molecule has 0 saturated carbocycles. The molecule has 3 aromatic rings. The molecule has 2 fully saturated rings. The fourth-order valence-electron chi connectivity index (χ4n) is 5.26. The third-order valence-electron chi connectivity index (χ3n) is 6.82. The van der Waals surface area contributed by atoms with Crippen LogP contribution in [-0.4, -0.2) is 34.2 Å². The van der Waals surface area contributed by atoms with Gasteiger partial charge < -0.3 is 20.3 Å². The van der Waals surface area contributed by atoms with E-state index in [0.29, 0.717) is 18.9 Å². The average molecular weight is 513 g/mol. The highest BCUT2D eigenvalue weighted by Crippen LogP contribution is 2.44. The number of benzene rings is 2. The molecule has 2 unspecified atom stereocenters. The fraction of sp³-hybridized carbons (Fsp3) is 0.333. The van der Waals surface area contributed by atoms with Gasteiger partial charge in [-0.1, -0.05) is 6.07 Å². The lowest BCUT2D eigenvalue weighted by Gasteiger charge is -2.26. The predicted molar refractivity (Wildman–Crippen MR) is 121 cm³/mol. The average Bonchev–Trinajstić information content (AvgIpc) is 3.34. The van der Waals surface area contributed by atoms with Crippen molar-refractivity contribution in [3.05, 3.63) is 69.5 Å². The summed E-state index contributed by atoms with van der Waals surface area (Å²) in [5, 5.41) is 11.4. The van der Waals surface area contributed by atoms with E-state index in [0.717, 1.165) is 30.8 Å². The highest BCUT2D eigenvalue weighted by Gasteiger charge is 2.46. The third kappa shape index (κ3) is 3.98. The quantitative estimate of drug-likeness (QED) is 0.422. The number of anilines is 2. The number of halogens is 6. The Balaban J connectivity index is 0.00000320. The number of amides is 1. The molecule has 1 amide bonds. The molecule has 2 aliphatic heterocycles. The van der Waals surface area contributed by atoms with Crippen molar-refractivity contribution in [2.24, 2.45) is 0 Å². The summed E-state index contributed by atoms with van der Waals surface area (Å²) in [6.45, 7) is 0. The van der Waals surface area contributed by atoms with Crippen LogP contribution in [0.25, 0.3) is 10.9 Å². The third-order valence-corrected chi connectivity index (χ3v) is 6.82. The number of aliphatic hydroxyl groups is 1. The van der Waals surface area contributed by atoms with Crippen LogP contribution in [0.5, 0.6) is 0 Å². The number of nitrogens with one attached hydrogen (secondary N) is 2. The Morgan fingerprint density at radius 1 is 1.06 bits per heavy atom. The van der Waals surface area contributed by atoms with Crippen molar-refractivity contribution in [3.63, 3.8) is 0 Å². The van der Waals surface area contributed by atoms with Gasteiger partial charge in [0.2, 0.25) is 5.43 Å². The molecular weight excluding hydrogens is 492 g/mol. The Morgan fingerprint density at radius 3 is 2.39 bits per heavy atom. The molecular formula is C24H21F6N3O3. The number of H-pyrrole nitrogens is 1. The lowest BCUT2D eigenvalue weighted by Crippen LogP contribution is -2.32. The number of alkyl halides is 6. The van der Waals surface area contributed by atoms with Crippen LogP contribution in [0, 0.1) is 0 Å². The van der Waals surface area contributed by atoms with E-state index in [-0.39, 0.29) is 24.7 Å². The Labute approximate surface area is 201 Å². The van der Waals surface area contributed by atoms with Crippen LogP contribution in [0.2, 0.25) is 0 Å². The number of hydrogen-bond acceptors (Lipinski definition) is 4. The van der Waals surface area contributed by atoms with Crippen LogP contribution in [0.4, 0.5) is 37.7 Å². The highest BCUT2D eigenvalue weighted by molar-refractivity contribution is 6.06. The molecule has 12 heteroatoms. The molecule has 0 radical (unpaired) electrons. The van der Waals surface area contributed by atoms with Gasteiger partial charge in [0.05, 0.1) is 34.3 Å². The molecule has 3 heterocycles. The number of fused-ring (bicyclic) bond motifs is 3. The second kappa shape index (κ2) is 8.26. The van der Waals surface area contributed by atoms with Crippen LogP contribution < -0.4 is 15.6 Å². The molecule has 3 N–H and O–H groups in total. The van der Waals surface area contributed by atoms with E-state index < -0.39 is 57.6 Å². The Hall–Kier alpha value is -3.54. The van der Waals surface area contributed by atoms with Gasteiger partial charge in [-0.25, -0.2) is 0 Å². The van der Waals surface area contributed by atoms with Crippen LogP contribution in [0.3, 0.4) is 0 Å². The largest absolute Gasteiger partial charge is 0.418 e. The van der Waals surface area contributed by atoms with Crippen molar-refractivity contribution in [3.8, 4) is 0 Å². The number of nitrogens with zero attached hydrogens (tertiary/aromatic N) is 1. The minimum Gasteiger partial charge on any atom is -0.391 e. The Morgan fingerprint density at radius 2 is 1.78 bits per heavy atom. The summed E-state index contributed by atoms with van der Waals surface area (Å²) in [6.07, 6.45) is -7.69. The maximum Gasteiger partial charge on any atom is 0.418 e. The Bertz CT molecular complexity index is 1420. The second-order valence-electron chi connectivity index (χ2n) is 8.95. The summed E-state index contributed by atoms with van der Waals surface area (Å²) >= 11 is 0. The number of carbonyl (C=O) groups is 1. The first-order valence-corrected chi connectivity index (χ1v) is 11.1. The van der Waals surface area contributed by atoms with Crippen LogP contribution in [-0.2, 0) is 12.4 Å². The van der Waals surface area contributed by atoms with E-state index >= 15 is 0 Å². The van der Waals surface area contributed by atoms with E-state index in [2.05, 4.69) is 4.98 Å². The topological polar surface area (TPSA) is 85.4 Å². The van der Waals surface area contributed by atoms with Crippen LogP contribution in [0.1, 0.15) is 42.2 Å². The van der Waals surface area contributed by atoms with Gasteiger partial charge in [0.25, 0.3) is 5.91 Å². The summed E-state index contributed by atoms with van der Waals surface area (Å²) in [7, 11) is 0. The molecule has 5 rings (SSSR count). The Kier molecular flexibility index (Phi) is 5.54. The normalized spacial score (nSPS) is 21.9. The first kappa shape index (κ1) is 24.2. The summed E-state index contributed by atoms with van der Waals surface area (Å²) < 4.78 is 82.0. The number of carbonyl (C=O) groups excluding carboxylic acids is 1. The first-order valence-electron chi connectivity index (χ1n) is 11.1. The maximum absolute atomic E-state index is 13.9. The van der Waals surface area contributed by atoms with Gasteiger partial charge in [0.1, 0.15) is 5.56 Å². The summed E-state index contributed by atoms with van der Waals surface area (Å²) in [5.74, 6) is -1.29. The SMILES string of the molecule is O=C(Nc1ccc(N2C3CCC2[C@@H](O)C3)cc1C(F)(F)F)c1c[nH]c2cccc(C(F)(F)F)c2c1=O.[HH]. The highest BCUT2D eigenvalue weighted by atomic mass is 19.4. The van der Waals surface area contributed by atoms with Gasteiger partial charge in [-0.15, -0.1) is 0 Å². The van der Waals surface area contributed by atoms with Crippen molar-refractivity contribution in [1.29, 1.82) is 0 Å². The minimum atomic E-state index is -4.89. The second-order valence-corrected chi connectivity index (χ2v) is 8.95. The van der Waals surface area contributed by atoms with Gasteiger partial charge in [-0.3, -0.25) is 9.59 Å². The van der Waals surface area contributed by atoms with E-state index in [1.165, 1.54) is 12.1 Å². The lowest BCUT2D eigenvalue weighted by molar-refractivity contribution is -0.137. The standard InChI is InChI=1S/C24H19F6N3O3.H2/c25-23(26,27)14-2-1-3-17-20(14)21(35)13(10-31-17)22(36)32-16-6-4-11(8-15(16)24(28,29)30)33-12-5-7-18(33)19(34)9-12;/h1-4,6,8,10,12,18-19,34H,5,7,9H2,(H,31,35)(H,32,36);1H/t12?,18?,19-;/m0./s1. The molecule has 2 bridgehead atoms. The monoisotopic (exact) mass is 513 g/mol. The van der Waals surface area contributed by atoms with Crippen LogP contribution in [0.15, 0.2) is 47.4 Å². The summed E-state index contributed by atoms with van der Waals surface area (Å²) in [4.78, 5) is 29.8. The molecule has 0 spiro atoms. The smallest absolute Gasteiger partial charge is 0.391 e. The molecule has 2 aliphatic rings. The number of pyridine rings is 1. The van der Waals surface area contributed by atoms with Crippen molar-refractivity contribution >= 4 is 28.2 Å². The number of rotatable bonds is 3. The zero-order chi connectivity index (χ0) is 26.0. The lowest BCUT2D eigenvalue weighted by atomic mass is 9.98. The number of aromatic nitrogens is 1. The van der Waals surface area contributed by atoms with Gasteiger partial charge in [-0.2, -0.15) is 26.3 Å². The van der Waals surface area contributed by atoms with Gasteiger partial charge in [0, 0.05) is 24.9 Å². The van der Waals surface area contributed by atoms with Crippen molar-refractivity contribution in [2.75, 3.05) is 10.2 Å². The van der Waals surface area contributed by atoms with Crippen LogP contribution >= 0.6 is 0 Å². The molecule has 2 saturated heterocycles. The van der Waals surface area contributed by atoms with Crippen molar-refractivity contribution in [1.82, 2.24) is 4.98 Å². The van der Waals surface area contributed by atoms with Crippen molar-refractivity contribution < 1.29 is 37.7 Å². The molecule has 3 atom stereocenters. The molecule has 6 nitrogen and oxygen atoms in total. The van der Waals surface area contributed by atoms with E-state index in [1.807, 2.05) is 5.32 Å². The van der Waals surface area contributed by atoms with Gasteiger partial charge >= 0.3 is 12.4 Å². The number of aliphatic hydroxyl groups excluding tert-OH is 1. The zero-order valence-corrected chi connectivity index (χ0v) is 18.4. The van der Waals surface area contributed by atoms with Gasteiger partial charge in [0.15, 0.2) is 0 Å². The van der Waals surface area contributed by atoms with Crippen molar-refractivity contribution in [2.45, 2.75) is 49.8 Å². The molecule has 192 valence electrons. The predicted octanol–water partition coefficient (Wildman–Crippen LogP) is 5.17. The summed E-state index contributed by atoms with van der Waals surface area (Å²) in [5.41, 5.74) is -5.05. The first-order chi connectivity index (χ1) is 16.9. The van der Waals surface area contributed by atoms with E-state index in [4.69, 9.17) is 0 Å². The van der Waals surface area contributed by atoms with E-state index in [1.54, 1.807) is 4.90 Å². The van der Waals surface area contributed by atoms with Gasteiger partial charge in [-0.05, 0) is 49.6 Å². The minimum absolute atomic E-state index is 0. The zero-order valence-electron chi connectivity index (χ0n) is 18.4.